The first-order chi connectivity index (χ1) is 9.97. The van der Waals surface area contributed by atoms with Gasteiger partial charge in [0.2, 0.25) is 0 Å². The summed E-state index contributed by atoms with van der Waals surface area (Å²) < 4.78 is 0. The van der Waals surface area contributed by atoms with Crippen molar-refractivity contribution in [3.8, 4) is 5.75 Å². The highest BCUT2D eigenvalue weighted by molar-refractivity contribution is 5.91. The molecular formula is C13H8N3O5-. The molecule has 2 rings (SSSR count). The summed E-state index contributed by atoms with van der Waals surface area (Å²) in [5.74, 6) is -1.97. The number of nitro benzene ring substituents is 1. The molecule has 0 unspecified atom stereocenters. The Bertz CT molecular complexity index is 725. The van der Waals surface area contributed by atoms with Crippen LogP contribution in [0.4, 0.5) is 17.1 Å². The number of nitro groups is 1. The Balaban J connectivity index is 2.19. The highest BCUT2D eigenvalue weighted by Gasteiger charge is 2.05. The maximum Gasteiger partial charge on any atom is 0.335 e. The van der Waals surface area contributed by atoms with Crippen LogP contribution in [0.5, 0.6) is 5.75 Å². The maximum atomic E-state index is 11.5. The van der Waals surface area contributed by atoms with Crippen LogP contribution in [-0.2, 0) is 0 Å². The number of rotatable bonds is 4. The van der Waals surface area contributed by atoms with Crippen molar-refractivity contribution in [2.24, 2.45) is 10.2 Å². The number of non-ortho nitro benzene ring substituents is 1. The number of carboxylic acid groups (broad SMARTS) is 1. The molecule has 0 aliphatic heterocycles. The van der Waals surface area contributed by atoms with Gasteiger partial charge < -0.3 is 10.2 Å². The van der Waals surface area contributed by atoms with Gasteiger partial charge in [-0.05, 0) is 30.3 Å². The van der Waals surface area contributed by atoms with Crippen LogP contribution >= 0.6 is 0 Å². The molecule has 0 fully saturated rings. The molecule has 21 heavy (non-hydrogen) atoms. The Kier molecular flexibility index (Phi) is 3.89. The van der Waals surface area contributed by atoms with Crippen LogP contribution < -0.4 is 5.11 Å². The fourth-order valence-corrected chi connectivity index (χ4v) is 1.51. The number of hydrogen-bond donors (Lipinski definition) is 1. The molecule has 0 bridgehead atoms. The summed E-state index contributed by atoms with van der Waals surface area (Å²) in [7, 11) is 0. The lowest BCUT2D eigenvalue weighted by molar-refractivity contribution is -0.384. The minimum Gasteiger partial charge on any atom is -0.872 e. The first kappa shape index (κ1) is 14.1. The van der Waals surface area contributed by atoms with E-state index in [-0.39, 0.29) is 16.9 Å². The molecular weight excluding hydrogens is 278 g/mol. The second-order valence-electron chi connectivity index (χ2n) is 3.96. The third-order valence-electron chi connectivity index (χ3n) is 2.54. The standard InChI is InChI=1S/C13H9N3O5/c17-12-7-9(3-6-11(12)13(18)19)15-14-8-1-4-10(5-2-8)16(20)21/h1-7,17H,(H,18,19)/p-1. The van der Waals surface area contributed by atoms with Crippen molar-refractivity contribution in [2.45, 2.75) is 0 Å². The lowest BCUT2D eigenvalue weighted by Crippen LogP contribution is -2.02. The van der Waals surface area contributed by atoms with E-state index in [9.17, 15) is 20.0 Å². The van der Waals surface area contributed by atoms with Gasteiger partial charge in [0.05, 0.1) is 21.9 Å². The molecule has 0 heterocycles. The molecule has 1 N–H and O–H groups in total. The number of azo groups is 1. The molecule has 0 spiro atoms. The zero-order valence-electron chi connectivity index (χ0n) is 10.5. The van der Waals surface area contributed by atoms with Crippen molar-refractivity contribution < 1.29 is 19.9 Å². The molecule has 0 aliphatic carbocycles. The van der Waals surface area contributed by atoms with Crippen molar-refractivity contribution in [3.05, 3.63) is 58.1 Å². The van der Waals surface area contributed by atoms with Gasteiger partial charge in [0.15, 0.2) is 0 Å². The Labute approximate surface area is 118 Å². The van der Waals surface area contributed by atoms with Crippen molar-refractivity contribution in [1.82, 2.24) is 0 Å². The normalized spacial score (nSPS) is 10.7. The number of aromatic carboxylic acids is 1. The summed E-state index contributed by atoms with van der Waals surface area (Å²) in [5, 5.41) is 38.2. The predicted octanol–water partition coefficient (Wildman–Crippen LogP) is 2.78. The molecule has 0 amide bonds. The number of carbonyl (C=O) groups is 1. The van der Waals surface area contributed by atoms with Gasteiger partial charge in [-0.2, -0.15) is 10.2 Å². The molecule has 0 aromatic heterocycles. The van der Waals surface area contributed by atoms with E-state index in [1.807, 2.05) is 0 Å². The van der Waals surface area contributed by atoms with Gasteiger partial charge in [-0.25, -0.2) is 4.79 Å². The average Bonchev–Trinajstić information content (AvgIpc) is 2.45. The Morgan fingerprint density at radius 1 is 1.05 bits per heavy atom. The third kappa shape index (κ3) is 3.38. The third-order valence-corrected chi connectivity index (χ3v) is 2.54. The minimum absolute atomic E-state index is 0.0680. The zero-order chi connectivity index (χ0) is 15.4. The van der Waals surface area contributed by atoms with Gasteiger partial charge in [0.25, 0.3) is 5.69 Å². The smallest absolute Gasteiger partial charge is 0.335 e. The number of benzene rings is 2. The van der Waals surface area contributed by atoms with Crippen LogP contribution in [0.15, 0.2) is 52.7 Å². The summed E-state index contributed by atoms with van der Waals surface area (Å²) in [4.78, 5) is 20.6. The van der Waals surface area contributed by atoms with E-state index in [4.69, 9.17) is 5.11 Å². The molecule has 2 aromatic rings. The fraction of sp³-hybridized carbons (Fsp3) is 0. The SMILES string of the molecule is O=C(O)c1ccc(N=Nc2ccc([N+](=O)[O-])cc2)cc1[O-]. The first-order valence-corrected chi connectivity index (χ1v) is 5.68. The Morgan fingerprint density at radius 2 is 1.62 bits per heavy atom. The van der Waals surface area contributed by atoms with E-state index in [0.29, 0.717) is 5.69 Å². The molecule has 0 aliphatic rings. The summed E-state index contributed by atoms with van der Waals surface area (Å²) in [5.41, 5.74) is 0.157. The zero-order valence-corrected chi connectivity index (χ0v) is 10.5. The molecule has 8 heteroatoms. The van der Waals surface area contributed by atoms with E-state index in [1.54, 1.807) is 0 Å². The molecule has 106 valence electrons. The van der Waals surface area contributed by atoms with E-state index in [2.05, 4.69) is 10.2 Å². The molecule has 0 saturated heterocycles. The van der Waals surface area contributed by atoms with Crippen LogP contribution in [0, 0.1) is 10.1 Å². The molecule has 0 radical (unpaired) electrons. The molecule has 0 atom stereocenters. The summed E-state index contributed by atoms with van der Waals surface area (Å²) in [6, 6.07) is 8.92. The van der Waals surface area contributed by atoms with E-state index < -0.39 is 16.6 Å². The minimum atomic E-state index is -1.31. The average molecular weight is 286 g/mol. The van der Waals surface area contributed by atoms with Gasteiger partial charge in [0, 0.05) is 12.1 Å². The Morgan fingerprint density at radius 3 is 2.14 bits per heavy atom. The quantitative estimate of drug-likeness (QED) is 0.525. The highest BCUT2D eigenvalue weighted by atomic mass is 16.6. The molecule has 0 saturated carbocycles. The molecule has 8 nitrogen and oxygen atoms in total. The van der Waals surface area contributed by atoms with Crippen LogP contribution in [-0.4, -0.2) is 16.0 Å². The topological polar surface area (TPSA) is 128 Å². The monoisotopic (exact) mass is 286 g/mol. The van der Waals surface area contributed by atoms with E-state index >= 15 is 0 Å². The first-order valence-electron chi connectivity index (χ1n) is 5.68. The second kappa shape index (κ2) is 5.78. The van der Waals surface area contributed by atoms with E-state index in [0.717, 1.165) is 12.1 Å². The molecule has 2 aromatic carbocycles. The van der Waals surface area contributed by atoms with Gasteiger partial charge >= 0.3 is 5.97 Å². The maximum absolute atomic E-state index is 11.5. The number of carboxylic acids is 1. The summed E-state index contributed by atoms with van der Waals surface area (Å²) in [6.07, 6.45) is 0. The lowest BCUT2D eigenvalue weighted by Gasteiger charge is -2.09. The fourth-order valence-electron chi connectivity index (χ4n) is 1.51. The van der Waals surface area contributed by atoms with Gasteiger partial charge in [0.1, 0.15) is 0 Å². The number of hydrogen-bond acceptors (Lipinski definition) is 6. The Hall–Kier alpha value is -3.29. The lowest BCUT2D eigenvalue weighted by atomic mass is 10.2. The van der Waals surface area contributed by atoms with Crippen LogP contribution in [0.2, 0.25) is 0 Å². The number of nitrogens with zero attached hydrogens (tertiary/aromatic N) is 3. The van der Waals surface area contributed by atoms with E-state index in [1.165, 1.54) is 30.3 Å². The van der Waals surface area contributed by atoms with Crippen LogP contribution in [0.1, 0.15) is 10.4 Å². The summed E-state index contributed by atoms with van der Waals surface area (Å²) in [6.45, 7) is 0. The largest absolute Gasteiger partial charge is 0.872 e. The van der Waals surface area contributed by atoms with Crippen molar-refractivity contribution in [2.75, 3.05) is 0 Å². The van der Waals surface area contributed by atoms with Gasteiger partial charge in [-0.3, -0.25) is 10.1 Å². The van der Waals surface area contributed by atoms with Gasteiger partial charge in [-0.15, -0.1) is 0 Å². The second-order valence-corrected chi connectivity index (χ2v) is 3.96. The van der Waals surface area contributed by atoms with Gasteiger partial charge in [-0.1, -0.05) is 5.75 Å². The van der Waals surface area contributed by atoms with Crippen molar-refractivity contribution >= 4 is 23.0 Å². The predicted molar refractivity (Wildman–Crippen MR) is 70.1 cm³/mol. The van der Waals surface area contributed by atoms with Crippen LogP contribution in [0.3, 0.4) is 0 Å². The van der Waals surface area contributed by atoms with Crippen LogP contribution in [0.25, 0.3) is 0 Å². The van der Waals surface area contributed by atoms with Crippen molar-refractivity contribution in [3.63, 3.8) is 0 Å². The highest BCUT2D eigenvalue weighted by Crippen LogP contribution is 2.24. The summed E-state index contributed by atoms with van der Waals surface area (Å²) >= 11 is 0. The van der Waals surface area contributed by atoms with Crippen molar-refractivity contribution in [1.29, 1.82) is 0 Å².